The molecule has 3 aromatic rings. The molecule has 0 unspecified atom stereocenters. The van der Waals surface area contributed by atoms with Crippen molar-refractivity contribution < 1.29 is 18.8 Å². The first kappa shape index (κ1) is 16.7. The number of halogens is 1. The third-order valence-electron chi connectivity index (χ3n) is 3.26. The van der Waals surface area contributed by atoms with Gasteiger partial charge in [-0.2, -0.15) is 10.1 Å². The van der Waals surface area contributed by atoms with Crippen molar-refractivity contribution >= 4 is 28.0 Å². The van der Waals surface area contributed by atoms with Gasteiger partial charge in [0.1, 0.15) is 23.2 Å². The van der Waals surface area contributed by atoms with Crippen LogP contribution in [0, 0.1) is 11.3 Å². The van der Waals surface area contributed by atoms with Crippen LogP contribution in [0.2, 0.25) is 0 Å². The number of benzene rings is 1. The highest BCUT2D eigenvalue weighted by atomic mass is 79.9. The van der Waals surface area contributed by atoms with E-state index in [9.17, 15) is 10.1 Å². The molecule has 0 spiro atoms. The van der Waals surface area contributed by atoms with Gasteiger partial charge < -0.3 is 4.42 Å². The van der Waals surface area contributed by atoms with Crippen LogP contribution >= 0.6 is 15.9 Å². The van der Waals surface area contributed by atoms with E-state index >= 15 is 0 Å². The average molecular weight is 396 g/mol. The van der Waals surface area contributed by atoms with Gasteiger partial charge in [0.2, 0.25) is 12.4 Å². The van der Waals surface area contributed by atoms with E-state index < -0.39 is 5.97 Å². The van der Waals surface area contributed by atoms with E-state index in [1.54, 1.807) is 42.7 Å². The zero-order chi connectivity index (χ0) is 17.6. The molecule has 2 aromatic heterocycles. The molecule has 0 aliphatic rings. The minimum atomic E-state index is -0.764. The normalized spacial score (nSPS) is 11.0. The topological polar surface area (TPSA) is 67.1 Å². The molecule has 122 valence electrons. The highest BCUT2D eigenvalue weighted by molar-refractivity contribution is 9.10. The van der Waals surface area contributed by atoms with Crippen molar-refractivity contribution in [3.63, 3.8) is 0 Å². The van der Waals surface area contributed by atoms with Gasteiger partial charge in [0, 0.05) is 33.0 Å². The van der Waals surface area contributed by atoms with E-state index in [0.29, 0.717) is 11.5 Å². The lowest BCUT2D eigenvalue weighted by Gasteiger charge is -1.97. The molecule has 0 saturated heterocycles. The zero-order valence-electron chi connectivity index (χ0n) is 12.9. The first-order valence-corrected chi connectivity index (χ1v) is 8.11. The molecule has 25 heavy (non-hydrogen) atoms. The molecule has 3 rings (SSSR count). The predicted molar refractivity (Wildman–Crippen MR) is 93.7 cm³/mol. The Morgan fingerprint density at radius 2 is 1.84 bits per heavy atom. The summed E-state index contributed by atoms with van der Waals surface area (Å²) in [6.45, 7) is 0. The number of aromatic nitrogens is 1. The van der Waals surface area contributed by atoms with Crippen molar-refractivity contribution in [2.75, 3.05) is 0 Å². The summed E-state index contributed by atoms with van der Waals surface area (Å²) in [7, 11) is 0. The Kier molecular flexibility index (Phi) is 5.07. The fourth-order valence-electron chi connectivity index (χ4n) is 2.07. The van der Waals surface area contributed by atoms with Gasteiger partial charge in [0.25, 0.3) is 0 Å². The second-order valence-electron chi connectivity index (χ2n) is 4.99. The van der Waals surface area contributed by atoms with E-state index in [0.717, 1.165) is 10.0 Å². The summed E-state index contributed by atoms with van der Waals surface area (Å²) in [5.74, 6) is 0.270. The van der Waals surface area contributed by atoms with Crippen molar-refractivity contribution in [3.05, 3.63) is 82.8 Å². The van der Waals surface area contributed by atoms with Crippen LogP contribution in [0.3, 0.4) is 0 Å². The molecule has 6 heteroatoms. The van der Waals surface area contributed by atoms with Crippen LogP contribution in [-0.2, 0) is 4.79 Å². The van der Waals surface area contributed by atoms with Gasteiger partial charge in [-0.3, -0.25) is 0 Å². The maximum Gasteiger partial charge on any atom is 0.421 e. The summed E-state index contributed by atoms with van der Waals surface area (Å²) in [6.07, 6.45) is 4.48. The molecular formula is C19H12BrN2O3+. The Bertz CT molecular complexity index is 954. The number of rotatable bonds is 4. The standard InChI is InChI=1S/C19H12BrN2O3/c20-16-6-4-14(5-7-16)18-9-8-17(24-18)12-15(13-21)19(23)25-22-10-2-1-3-11-22/h1-12H/q+1. The minimum absolute atomic E-state index is 0.159. The Balaban J connectivity index is 1.80. The molecule has 0 saturated carbocycles. The SMILES string of the molecule is N#CC(=Cc1ccc(-c2ccc(Br)cc2)o1)C(=O)O[n+]1ccccc1. The van der Waals surface area contributed by atoms with E-state index in [-0.39, 0.29) is 5.57 Å². The highest BCUT2D eigenvalue weighted by Gasteiger charge is 2.17. The average Bonchev–Trinajstić information content (AvgIpc) is 3.09. The molecule has 1 aromatic carbocycles. The largest absolute Gasteiger partial charge is 0.457 e. The quantitative estimate of drug-likeness (QED) is 0.384. The summed E-state index contributed by atoms with van der Waals surface area (Å²) in [4.78, 5) is 17.2. The van der Waals surface area contributed by atoms with Crippen molar-refractivity contribution in [1.82, 2.24) is 0 Å². The molecule has 0 bridgehead atoms. The van der Waals surface area contributed by atoms with Crippen LogP contribution in [0.15, 0.2) is 81.5 Å². The maximum absolute atomic E-state index is 12.1. The number of pyridine rings is 1. The second kappa shape index (κ2) is 7.60. The Labute approximate surface area is 152 Å². The van der Waals surface area contributed by atoms with E-state index in [1.165, 1.54) is 10.8 Å². The van der Waals surface area contributed by atoms with Crippen LogP contribution in [0.4, 0.5) is 0 Å². The maximum atomic E-state index is 12.1. The Morgan fingerprint density at radius 1 is 1.12 bits per heavy atom. The van der Waals surface area contributed by atoms with Crippen LogP contribution < -0.4 is 9.57 Å². The number of hydrogen-bond donors (Lipinski definition) is 0. The van der Waals surface area contributed by atoms with Crippen molar-refractivity contribution in [1.29, 1.82) is 5.26 Å². The predicted octanol–water partition coefficient (Wildman–Crippen LogP) is 3.56. The molecule has 0 atom stereocenters. The third kappa shape index (κ3) is 4.22. The molecule has 0 aliphatic heterocycles. The third-order valence-corrected chi connectivity index (χ3v) is 3.79. The first-order chi connectivity index (χ1) is 12.2. The second-order valence-corrected chi connectivity index (χ2v) is 5.91. The fourth-order valence-corrected chi connectivity index (χ4v) is 2.33. The Morgan fingerprint density at radius 3 is 2.52 bits per heavy atom. The van der Waals surface area contributed by atoms with Crippen LogP contribution in [0.5, 0.6) is 0 Å². The number of nitriles is 1. The summed E-state index contributed by atoms with van der Waals surface area (Å²) in [5, 5.41) is 9.21. The van der Waals surface area contributed by atoms with Gasteiger partial charge in [-0.1, -0.05) is 34.1 Å². The van der Waals surface area contributed by atoms with Crippen LogP contribution in [-0.4, -0.2) is 5.97 Å². The van der Waals surface area contributed by atoms with E-state index in [2.05, 4.69) is 15.9 Å². The molecule has 0 N–H and O–H groups in total. The first-order valence-electron chi connectivity index (χ1n) is 7.32. The zero-order valence-corrected chi connectivity index (χ0v) is 14.5. The summed E-state index contributed by atoms with van der Waals surface area (Å²) >= 11 is 3.38. The number of furan rings is 1. The molecule has 0 amide bonds. The smallest absolute Gasteiger partial charge is 0.421 e. The van der Waals surface area contributed by atoms with E-state index in [4.69, 9.17) is 9.25 Å². The number of carbonyl (C=O) groups is 1. The molecule has 0 radical (unpaired) electrons. The van der Waals surface area contributed by atoms with Crippen LogP contribution in [0.1, 0.15) is 5.76 Å². The lowest BCUT2D eigenvalue weighted by atomic mass is 10.2. The lowest BCUT2D eigenvalue weighted by molar-refractivity contribution is -0.869. The molecule has 2 heterocycles. The van der Waals surface area contributed by atoms with Gasteiger partial charge >= 0.3 is 5.97 Å². The summed E-state index contributed by atoms with van der Waals surface area (Å²) in [5.41, 5.74) is 0.733. The highest BCUT2D eigenvalue weighted by Crippen LogP contribution is 2.25. The van der Waals surface area contributed by atoms with Crippen LogP contribution in [0.25, 0.3) is 17.4 Å². The fraction of sp³-hybridized carbons (Fsp3) is 0. The van der Waals surface area contributed by atoms with Gasteiger partial charge in [-0.05, 0) is 24.3 Å². The minimum Gasteiger partial charge on any atom is -0.457 e. The van der Waals surface area contributed by atoms with Gasteiger partial charge in [0.15, 0.2) is 0 Å². The molecule has 0 aliphatic carbocycles. The number of carbonyl (C=O) groups excluding carboxylic acids is 1. The molecular weight excluding hydrogens is 384 g/mol. The van der Waals surface area contributed by atoms with Crippen molar-refractivity contribution in [2.24, 2.45) is 0 Å². The molecule has 0 fully saturated rings. The van der Waals surface area contributed by atoms with Gasteiger partial charge in [-0.15, -0.1) is 0 Å². The summed E-state index contributed by atoms with van der Waals surface area (Å²) in [6, 6.07) is 18.1. The number of nitrogens with zero attached hydrogens (tertiary/aromatic N) is 2. The number of hydrogen-bond acceptors (Lipinski definition) is 4. The van der Waals surface area contributed by atoms with Gasteiger partial charge in [-0.25, -0.2) is 4.79 Å². The van der Waals surface area contributed by atoms with Crippen molar-refractivity contribution in [2.45, 2.75) is 0 Å². The Hall–Kier alpha value is -3.17. The monoisotopic (exact) mass is 395 g/mol. The molecule has 5 nitrogen and oxygen atoms in total. The van der Waals surface area contributed by atoms with E-state index in [1.807, 2.05) is 30.3 Å². The lowest BCUT2D eigenvalue weighted by Crippen LogP contribution is -2.45. The van der Waals surface area contributed by atoms with Crippen molar-refractivity contribution in [3.8, 4) is 17.4 Å². The summed E-state index contributed by atoms with van der Waals surface area (Å²) < 4.78 is 7.88. The van der Waals surface area contributed by atoms with Gasteiger partial charge in [0.05, 0.1) is 0 Å².